The van der Waals surface area contributed by atoms with Gasteiger partial charge in [-0.05, 0) is 22.0 Å². The molecule has 0 saturated heterocycles. The van der Waals surface area contributed by atoms with E-state index in [0.717, 1.165) is 4.47 Å². The number of carbonyl (C=O) groups excluding carboxylic acids is 2. The Morgan fingerprint density at radius 2 is 2.29 bits per heavy atom. The lowest BCUT2D eigenvalue weighted by Gasteiger charge is -2.02. The standard InChI is InChI=1S/C8H8BrClN2O2/c1-12-4-5(9)2-6(12)8(14)11-7(13)3-10/h2,4H,3H2,1H3,(H,11,13,14). The molecule has 0 spiro atoms. The van der Waals surface area contributed by atoms with Crippen molar-refractivity contribution in [3.05, 3.63) is 22.4 Å². The molecule has 2 amide bonds. The number of aromatic nitrogens is 1. The molecule has 14 heavy (non-hydrogen) atoms. The molecule has 1 aromatic heterocycles. The van der Waals surface area contributed by atoms with E-state index in [-0.39, 0.29) is 5.88 Å². The molecule has 0 aliphatic rings. The van der Waals surface area contributed by atoms with E-state index in [1.54, 1.807) is 23.9 Å². The van der Waals surface area contributed by atoms with Crippen LogP contribution in [0.5, 0.6) is 0 Å². The molecule has 0 radical (unpaired) electrons. The number of hydrogen-bond acceptors (Lipinski definition) is 2. The van der Waals surface area contributed by atoms with Gasteiger partial charge in [0.1, 0.15) is 11.6 Å². The highest BCUT2D eigenvalue weighted by Crippen LogP contribution is 2.13. The highest BCUT2D eigenvalue weighted by atomic mass is 79.9. The summed E-state index contributed by atoms with van der Waals surface area (Å²) in [6, 6.07) is 1.62. The molecule has 4 nitrogen and oxygen atoms in total. The van der Waals surface area contributed by atoms with Crippen molar-refractivity contribution in [2.45, 2.75) is 0 Å². The van der Waals surface area contributed by atoms with Crippen molar-refractivity contribution >= 4 is 39.3 Å². The fraction of sp³-hybridized carbons (Fsp3) is 0.250. The molecule has 1 rings (SSSR count). The van der Waals surface area contributed by atoms with Crippen molar-refractivity contribution in [3.8, 4) is 0 Å². The van der Waals surface area contributed by atoms with Gasteiger partial charge in [0.05, 0.1) is 0 Å². The van der Waals surface area contributed by atoms with Crippen LogP contribution in [0.15, 0.2) is 16.7 Å². The number of amides is 2. The van der Waals surface area contributed by atoms with E-state index in [1.165, 1.54) is 0 Å². The van der Waals surface area contributed by atoms with Crippen molar-refractivity contribution in [2.24, 2.45) is 7.05 Å². The van der Waals surface area contributed by atoms with Crippen LogP contribution in [0.2, 0.25) is 0 Å². The lowest BCUT2D eigenvalue weighted by Crippen LogP contribution is -2.32. The largest absolute Gasteiger partial charge is 0.345 e. The summed E-state index contributed by atoms with van der Waals surface area (Å²) in [5.41, 5.74) is 0.398. The Morgan fingerprint density at radius 1 is 1.64 bits per heavy atom. The van der Waals surface area contributed by atoms with Crippen LogP contribution in [0.4, 0.5) is 0 Å². The SMILES string of the molecule is Cn1cc(Br)cc1C(=O)NC(=O)CCl. The van der Waals surface area contributed by atoms with Crippen molar-refractivity contribution in [2.75, 3.05) is 5.88 Å². The summed E-state index contributed by atoms with van der Waals surface area (Å²) in [6.45, 7) is 0. The third kappa shape index (κ3) is 2.59. The zero-order chi connectivity index (χ0) is 10.7. The van der Waals surface area contributed by atoms with Gasteiger partial charge in [-0.3, -0.25) is 14.9 Å². The number of nitrogens with zero attached hydrogens (tertiary/aromatic N) is 1. The molecule has 0 aliphatic heterocycles. The Labute approximate surface area is 94.4 Å². The Hall–Kier alpha value is -0.810. The van der Waals surface area contributed by atoms with Crippen molar-refractivity contribution in [1.29, 1.82) is 0 Å². The first-order chi connectivity index (χ1) is 6.54. The number of alkyl halides is 1. The first kappa shape index (κ1) is 11.3. The second kappa shape index (κ2) is 4.61. The second-order valence-electron chi connectivity index (χ2n) is 2.67. The number of aryl methyl sites for hydroxylation is 1. The first-order valence-electron chi connectivity index (χ1n) is 3.76. The summed E-state index contributed by atoms with van der Waals surface area (Å²) >= 11 is 8.47. The lowest BCUT2D eigenvalue weighted by atomic mass is 10.4. The van der Waals surface area contributed by atoms with Crippen LogP contribution in [0.1, 0.15) is 10.5 Å². The van der Waals surface area contributed by atoms with E-state index >= 15 is 0 Å². The van der Waals surface area contributed by atoms with E-state index < -0.39 is 11.8 Å². The normalized spacial score (nSPS) is 9.93. The molecule has 0 aromatic carbocycles. The van der Waals surface area contributed by atoms with E-state index in [9.17, 15) is 9.59 Å². The van der Waals surface area contributed by atoms with Crippen LogP contribution in [0, 0.1) is 0 Å². The van der Waals surface area contributed by atoms with Crippen molar-refractivity contribution < 1.29 is 9.59 Å². The van der Waals surface area contributed by atoms with Gasteiger partial charge in [-0.2, -0.15) is 0 Å². The number of nitrogens with one attached hydrogen (secondary N) is 1. The Morgan fingerprint density at radius 3 is 2.71 bits per heavy atom. The molecule has 0 saturated carbocycles. The predicted octanol–water partition coefficient (Wildman–Crippen LogP) is 1.28. The minimum atomic E-state index is -0.506. The Kier molecular flexibility index (Phi) is 3.71. The van der Waals surface area contributed by atoms with Crippen LogP contribution in [-0.2, 0) is 11.8 Å². The van der Waals surface area contributed by atoms with Gasteiger partial charge in [-0.25, -0.2) is 0 Å². The number of halogens is 2. The van der Waals surface area contributed by atoms with Gasteiger partial charge in [0.25, 0.3) is 5.91 Å². The second-order valence-corrected chi connectivity index (χ2v) is 3.85. The minimum Gasteiger partial charge on any atom is -0.345 e. The van der Waals surface area contributed by atoms with Gasteiger partial charge in [0.2, 0.25) is 5.91 Å². The maximum atomic E-state index is 11.4. The van der Waals surface area contributed by atoms with Gasteiger partial charge < -0.3 is 4.57 Å². The monoisotopic (exact) mass is 278 g/mol. The summed E-state index contributed by atoms with van der Waals surface area (Å²) in [5, 5.41) is 2.15. The number of hydrogen-bond donors (Lipinski definition) is 1. The highest BCUT2D eigenvalue weighted by Gasteiger charge is 2.13. The van der Waals surface area contributed by atoms with E-state index in [1.807, 2.05) is 0 Å². The summed E-state index contributed by atoms with van der Waals surface area (Å²) in [7, 11) is 1.71. The van der Waals surface area contributed by atoms with Crippen molar-refractivity contribution in [3.63, 3.8) is 0 Å². The van der Waals surface area contributed by atoms with Gasteiger partial charge in [-0.15, -0.1) is 11.6 Å². The maximum Gasteiger partial charge on any atom is 0.274 e. The van der Waals surface area contributed by atoms with E-state index in [4.69, 9.17) is 11.6 Å². The smallest absolute Gasteiger partial charge is 0.274 e. The summed E-state index contributed by atoms with van der Waals surface area (Å²) < 4.78 is 2.39. The van der Waals surface area contributed by atoms with E-state index in [0.29, 0.717) is 5.69 Å². The first-order valence-corrected chi connectivity index (χ1v) is 5.09. The maximum absolute atomic E-state index is 11.4. The summed E-state index contributed by atoms with van der Waals surface area (Å²) in [5.74, 6) is -1.19. The number of carbonyl (C=O) groups is 2. The molecule has 76 valence electrons. The lowest BCUT2D eigenvalue weighted by molar-refractivity contribution is -0.117. The Bertz CT molecular complexity index is 375. The molecule has 1 N–H and O–H groups in total. The van der Waals surface area contributed by atoms with Gasteiger partial charge >= 0.3 is 0 Å². The minimum absolute atomic E-state index is 0.225. The fourth-order valence-electron chi connectivity index (χ4n) is 0.974. The van der Waals surface area contributed by atoms with Crippen LogP contribution < -0.4 is 5.32 Å². The molecule has 0 aliphatic carbocycles. The third-order valence-corrected chi connectivity index (χ3v) is 2.25. The fourth-order valence-corrected chi connectivity index (χ4v) is 1.56. The number of rotatable bonds is 2. The van der Waals surface area contributed by atoms with E-state index in [2.05, 4.69) is 21.2 Å². The molecule has 0 bridgehead atoms. The Balaban J connectivity index is 2.79. The zero-order valence-corrected chi connectivity index (χ0v) is 9.72. The molecular weight excluding hydrogens is 271 g/mol. The summed E-state index contributed by atoms with van der Waals surface area (Å²) in [4.78, 5) is 22.2. The van der Waals surface area contributed by atoms with Crippen LogP contribution >= 0.6 is 27.5 Å². The molecule has 0 unspecified atom stereocenters. The molecule has 1 heterocycles. The van der Waals surface area contributed by atoms with Gasteiger partial charge in [0, 0.05) is 17.7 Å². The topological polar surface area (TPSA) is 51.1 Å². The average Bonchev–Trinajstić information content (AvgIpc) is 2.45. The molecular formula is C8H8BrClN2O2. The molecule has 0 atom stereocenters. The molecule has 1 aromatic rings. The molecule has 0 fully saturated rings. The number of imide groups is 1. The van der Waals surface area contributed by atoms with Crippen LogP contribution in [-0.4, -0.2) is 22.3 Å². The third-order valence-electron chi connectivity index (χ3n) is 1.58. The zero-order valence-electron chi connectivity index (χ0n) is 7.38. The average molecular weight is 280 g/mol. The van der Waals surface area contributed by atoms with Gasteiger partial charge in [-0.1, -0.05) is 0 Å². The summed E-state index contributed by atoms with van der Waals surface area (Å²) in [6.07, 6.45) is 1.72. The molecule has 6 heteroatoms. The van der Waals surface area contributed by atoms with Crippen LogP contribution in [0.25, 0.3) is 0 Å². The predicted molar refractivity (Wildman–Crippen MR) is 56.3 cm³/mol. The van der Waals surface area contributed by atoms with Crippen molar-refractivity contribution in [1.82, 2.24) is 9.88 Å². The highest BCUT2D eigenvalue weighted by molar-refractivity contribution is 9.10. The van der Waals surface area contributed by atoms with Gasteiger partial charge in [0.15, 0.2) is 0 Å². The quantitative estimate of drug-likeness (QED) is 0.829. The van der Waals surface area contributed by atoms with Crippen LogP contribution in [0.3, 0.4) is 0 Å².